The minimum Gasteiger partial charge on any atom is -0.348 e. The van der Waals surface area contributed by atoms with Crippen molar-refractivity contribution in [2.75, 3.05) is 0 Å². The Morgan fingerprint density at radius 3 is 2.75 bits per heavy atom. The fourth-order valence-electron chi connectivity index (χ4n) is 2.86. The van der Waals surface area contributed by atoms with Crippen LogP contribution in [-0.2, 0) is 7.05 Å². The first-order chi connectivity index (χ1) is 9.66. The molecule has 98 valence electrons. The fourth-order valence-corrected chi connectivity index (χ4v) is 3.16. The molecule has 20 heavy (non-hydrogen) atoms. The van der Waals surface area contributed by atoms with Gasteiger partial charge in [-0.25, -0.2) is 4.39 Å². The van der Waals surface area contributed by atoms with Gasteiger partial charge in [0.15, 0.2) is 0 Å². The molecular formula is C16H11ClFN2+. The Hall–Kier alpha value is -2.13. The van der Waals surface area contributed by atoms with Gasteiger partial charge in [-0.3, -0.25) is 0 Å². The zero-order valence-corrected chi connectivity index (χ0v) is 11.5. The normalized spacial score (nSPS) is 11.8. The number of fused-ring (bicyclic) bond motifs is 4. The highest BCUT2D eigenvalue weighted by Crippen LogP contribution is 2.32. The van der Waals surface area contributed by atoms with Crippen molar-refractivity contribution in [3.05, 3.63) is 53.3 Å². The summed E-state index contributed by atoms with van der Waals surface area (Å²) in [5.74, 6) is -0.248. The summed E-state index contributed by atoms with van der Waals surface area (Å²) < 4.78 is 15.6. The summed E-state index contributed by atoms with van der Waals surface area (Å²) in [7, 11) is 1.97. The van der Waals surface area contributed by atoms with Crippen LogP contribution in [0.3, 0.4) is 0 Å². The van der Waals surface area contributed by atoms with Crippen LogP contribution in [0.25, 0.3) is 32.8 Å². The summed E-state index contributed by atoms with van der Waals surface area (Å²) in [6.07, 6.45) is 0. The topological polar surface area (TPSA) is 19.7 Å². The SMILES string of the molecule is C[n+]1c2ccccc2c(Cl)c2[nH]c3ccc(F)cc3c21. The monoisotopic (exact) mass is 285 g/mol. The van der Waals surface area contributed by atoms with E-state index in [4.69, 9.17) is 11.6 Å². The molecule has 0 atom stereocenters. The molecule has 0 spiro atoms. The number of rotatable bonds is 0. The molecule has 0 amide bonds. The lowest BCUT2D eigenvalue weighted by molar-refractivity contribution is -0.616. The highest BCUT2D eigenvalue weighted by molar-refractivity contribution is 6.40. The van der Waals surface area contributed by atoms with Crippen LogP contribution in [0, 0.1) is 5.82 Å². The van der Waals surface area contributed by atoms with Gasteiger partial charge in [0.2, 0.25) is 11.0 Å². The first-order valence-corrected chi connectivity index (χ1v) is 6.72. The Bertz CT molecular complexity index is 988. The van der Waals surface area contributed by atoms with Gasteiger partial charge in [0.25, 0.3) is 0 Å². The van der Waals surface area contributed by atoms with Crippen molar-refractivity contribution in [2.45, 2.75) is 0 Å². The summed E-state index contributed by atoms with van der Waals surface area (Å²) in [5.41, 5.74) is 3.67. The van der Waals surface area contributed by atoms with Gasteiger partial charge >= 0.3 is 0 Å². The smallest absolute Gasteiger partial charge is 0.240 e. The van der Waals surface area contributed by atoms with Gasteiger partial charge < -0.3 is 4.98 Å². The Morgan fingerprint density at radius 2 is 1.90 bits per heavy atom. The van der Waals surface area contributed by atoms with Gasteiger partial charge in [0.1, 0.15) is 18.4 Å². The molecule has 0 radical (unpaired) electrons. The number of nitrogens with zero attached hydrogens (tertiary/aromatic N) is 1. The van der Waals surface area contributed by atoms with E-state index < -0.39 is 0 Å². The number of H-pyrrole nitrogens is 1. The van der Waals surface area contributed by atoms with Gasteiger partial charge in [0.05, 0.1) is 21.3 Å². The average Bonchev–Trinajstić information content (AvgIpc) is 2.84. The van der Waals surface area contributed by atoms with Crippen LogP contribution in [-0.4, -0.2) is 4.98 Å². The molecule has 0 saturated carbocycles. The molecular weight excluding hydrogens is 275 g/mol. The molecule has 2 nitrogen and oxygen atoms in total. The lowest BCUT2D eigenvalue weighted by Crippen LogP contribution is -2.29. The molecule has 4 aromatic rings. The molecule has 2 aromatic carbocycles. The fraction of sp³-hybridized carbons (Fsp3) is 0.0625. The van der Waals surface area contributed by atoms with Crippen LogP contribution in [0.5, 0.6) is 0 Å². The van der Waals surface area contributed by atoms with Crippen molar-refractivity contribution < 1.29 is 8.96 Å². The van der Waals surface area contributed by atoms with E-state index in [0.717, 1.165) is 32.8 Å². The molecule has 0 fully saturated rings. The van der Waals surface area contributed by atoms with Crippen LogP contribution in [0.4, 0.5) is 4.39 Å². The lowest BCUT2D eigenvalue weighted by atomic mass is 10.1. The molecule has 1 N–H and O–H groups in total. The first-order valence-electron chi connectivity index (χ1n) is 6.34. The minimum atomic E-state index is -0.248. The summed E-state index contributed by atoms with van der Waals surface area (Å²) in [4.78, 5) is 3.29. The summed E-state index contributed by atoms with van der Waals surface area (Å²) >= 11 is 6.52. The Balaban J connectivity index is 2.36. The minimum absolute atomic E-state index is 0.248. The summed E-state index contributed by atoms with van der Waals surface area (Å²) in [6, 6.07) is 12.7. The van der Waals surface area contributed by atoms with Crippen molar-refractivity contribution in [3.63, 3.8) is 0 Å². The van der Waals surface area contributed by atoms with Crippen molar-refractivity contribution in [1.82, 2.24) is 4.98 Å². The van der Waals surface area contributed by atoms with E-state index in [2.05, 4.69) is 9.55 Å². The predicted molar refractivity (Wildman–Crippen MR) is 79.5 cm³/mol. The van der Waals surface area contributed by atoms with E-state index in [-0.39, 0.29) is 5.82 Å². The zero-order valence-electron chi connectivity index (χ0n) is 10.7. The quantitative estimate of drug-likeness (QED) is 0.470. The largest absolute Gasteiger partial charge is 0.348 e. The molecule has 0 bridgehead atoms. The van der Waals surface area contributed by atoms with E-state index in [1.165, 1.54) is 6.07 Å². The second-order valence-corrected chi connectivity index (χ2v) is 5.31. The molecule has 4 rings (SSSR count). The van der Waals surface area contributed by atoms with E-state index >= 15 is 0 Å². The van der Waals surface area contributed by atoms with Crippen LogP contribution >= 0.6 is 11.6 Å². The van der Waals surface area contributed by atoms with E-state index in [9.17, 15) is 4.39 Å². The molecule has 0 aliphatic rings. The van der Waals surface area contributed by atoms with Crippen LogP contribution in [0.15, 0.2) is 42.5 Å². The number of nitrogens with one attached hydrogen (secondary N) is 1. The summed E-state index contributed by atoms with van der Waals surface area (Å²) in [5, 5.41) is 2.50. The molecule has 2 heterocycles. The van der Waals surface area contributed by atoms with E-state index in [1.807, 2.05) is 31.3 Å². The molecule has 0 aliphatic carbocycles. The molecule has 4 heteroatoms. The first kappa shape index (κ1) is 11.7. The number of benzene rings is 2. The van der Waals surface area contributed by atoms with Crippen molar-refractivity contribution >= 4 is 44.4 Å². The third-order valence-electron chi connectivity index (χ3n) is 3.79. The van der Waals surface area contributed by atoms with Crippen LogP contribution in [0.2, 0.25) is 5.02 Å². The second-order valence-electron chi connectivity index (χ2n) is 4.93. The number of halogens is 2. The standard InChI is InChI=1S/C16H10ClFN2/c1-20-13-5-3-2-4-10(13)14(17)15-16(20)11-8-9(18)6-7-12(11)19-15/h2-8H,1H3/p+1. The maximum atomic E-state index is 13.5. The van der Waals surface area contributed by atoms with Gasteiger partial charge in [-0.15, -0.1) is 0 Å². The molecule has 0 saturated heterocycles. The zero-order chi connectivity index (χ0) is 13.9. The van der Waals surface area contributed by atoms with E-state index in [0.29, 0.717) is 5.02 Å². The van der Waals surface area contributed by atoms with E-state index in [1.54, 1.807) is 12.1 Å². The molecule has 0 aliphatic heterocycles. The number of aryl methyl sites for hydroxylation is 1. The van der Waals surface area contributed by atoms with Crippen LogP contribution < -0.4 is 4.57 Å². The number of para-hydroxylation sites is 1. The van der Waals surface area contributed by atoms with Gasteiger partial charge in [0, 0.05) is 6.07 Å². The second kappa shape index (κ2) is 3.93. The van der Waals surface area contributed by atoms with Gasteiger partial charge in [-0.05, 0) is 24.3 Å². The van der Waals surface area contributed by atoms with Gasteiger partial charge in [-0.2, -0.15) is 4.57 Å². The number of hydrogen-bond acceptors (Lipinski definition) is 0. The maximum Gasteiger partial charge on any atom is 0.240 e. The number of pyridine rings is 1. The third-order valence-corrected chi connectivity index (χ3v) is 4.18. The highest BCUT2D eigenvalue weighted by atomic mass is 35.5. The van der Waals surface area contributed by atoms with Crippen molar-refractivity contribution in [2.24, 2.45) is 7.05 Å². The Labute approximate surface area is 119 Å². The number of hydrogen-bond donors (Lipinski definition) is 1. The average molecular weight is 286 g/mol. The number of aromatic amines is 1. The Morgan fingerprint density at radius 1 is 1.10 bits per heavy atom. The third kappa shape index (κ3) is 1.41. The molecule has 2 aromatic heterocycles. The van der Waals surface area contributed by atoms with Crippen LogP contribution in [0.1, 0.15) is 0 Å². The van der Waals surface area contributed by atoms with Crippen molar-refractivity contribution in [3.8, 4) is 0 Å². The highest BCUT2D eigenvalue weighted by Gasteiger charge is 2.21. The predicted octanol–water partition coefficient (Wildman–Crippen LogP) is 4.09. The molecule has 0 unspecified atom stereocenters. The van der Waals surface area contributed by atoms with Gasteiger partial charge in [-0.1, -0.05) is 23.7 Å². The summed E-state index contributed by atoms with van der Waals surface area (Å²) in [6.45, 7) is 0. The maximum absolute atomic E-state index is 13.5. The number of aromatic nitrogens is 2. The van der Waals surface area contributed by atoms with Crippen molar-refractivity contribution in [1.29, 1.82) is 0 Å². The lowest BCUT2D eigenvalue weighted by Gasteiger charge is -2.01. The Kier molecular flexibility index (Phi) is 2.30.